The molecule has 58 heavy (non-hydrogen) atoms. The number of fused-ring (bicyclic) bond motifs is 6. The summed E-state index contributed by atoms with van der Waals surface area (Å²) in [5, 5.41) is 7.16. The zero-order chi connectivity index (χ0) is 38.4. The Morgan fingerprint density at radius 1 is 0.276 bits per heavy atom. The van der Waals surface area contributed by atoms with Gasteiger partial charge in [0.1, 0.15) is 11.2 Å². The molecular weight excluding hydrogens is 703 g/mol. The monoisotopic (exact) mass is 739 g/mol. The summed E-state index contributed by atoms with van der Waals surface area (Å²) in [6.45, 7) is 0. The molecule has 1 heterocycles. The van der Waals surface area contributed by atoms with Crippen LogP contribution in [0.3, 0.4) is 0 Å². The molecule has 2 nitrogen and oxygen atoms in total. The van der Waals surface area contributed by atoms with Crippen LogP contribution in [0.15, 0.2) is 229 Å². The van der Waals surface area contributed by atoms with Crippen molar-refractivity contribution in [2.45, 2.75) is 0 Å². The SMILES string of the molecule is c1ccc(-c2cccc(-c3cc4oc5ccccc5c4c4ccc(-c5ccc(N(c6ccccc6)c6cccc(-c7ccc8ccccc8c7)c6)cc5)cc34)c2)cc1. The van der Waals surface area contributed by atoms with Crippen molar-refractivity contribution in [1.82, 2.24) is 0 Å². The van der Waals surface area contributed by atoms with Gasteiger partial charge in [-0.3, -0.25) is 0 Å². The van der Waals surface area contributed by atoms with E-state index in [0.29, 0.717) is 0 Å². The number of benzene rings is 10. The Morgan fingerprint density at radius 2 is 0.845 bits per heavy atom. The van der Waals surface area contributed by atoms with Crippen LogP contribution in [0.2, 0.25) is 0 Å². The summed E-state index contributed by atoms with van der Waals surface area (Å²) in [5.74, 6) is 0. The largest absolute Gasteiger partial charge is 0.456 e. The van der Waals surface area contributed by atoms with E-state index in [1.165, 1.54) is 43.8 Å². The molecule has 0 atom stereocenters. The number of hydrogen-bond acceptors (Lipinski definition) is 2. The van der Waals surface area contributed by atoms with E-state index in [-0.39, 0.29) is 0 Å². The van der Waals surface area contributed by atoms with Crippen LogP contribution in [0.25, 0.3) is 88.0 Å². The van der Waals surface area contributed by atoms with Crippen molar-refractivity contribution in [3.8, 4) is 44.5 Å². The molecule has 0 saturated heterocycles. The van der Waals surface area contributed by atoms with Crippen molar-refractivity contribution in [3.05, 3.63) is 224 Å². The number of para-hydroxylation sites is 2. The molecule has 2 heteroatoms. The molecule has 10 aromatic carbocycles. The van der Waals surface area contributed by atoms with Crippen LogP contribution < -0.4 is 4.90 Å². The van der Waals surface area contributed by atoms with Gasteiger partial charge in [0.2, 0.25) is 0 Å². The molecule has 0 N–H and O–H groups in total. The first-order valence-corrected chi connectivity index (χ1v) is 19.8. The topological polar surface area (TPSA) is 16.4 Å². The van der Waals surface area contributed by atoms with Gasteiger partial charge in [0.25, 0.3) is 0 Å². The van der Waals surface area contributed by atoms with Gasteiger partial charge in [-0.1, -0.05) is 158 Å². The van der Waals surface area contributed by atoms with Crippen molar-refractivity contribution >= 4 is 60.5 Å². The number of rotatable bonds is 7. The summed E-state index contributed by atoms with van der Waals surface area (Å²) in [6.07, 6.45) is 0. The highest BCUT2D eigenvalue weighted by Crippen LogP contribution is 2.43. The predicted octanol–water partition coefficient (Wildman–Crippen LogP) is 16.0. The maximum Gasteiger partial charge on any atom is 0.136 e. The molecule has 11 aromatic rings. The average Bonchev–Trinajstić information content (AvgIpc) is 3.68. The van der Waals surface area contributed by atoms with Gasteiger partial charge in [0.15, 0.2) is 0 Å². The van der Waals surface area contributed by atoms with Crippen LogP contribution >= 0.6 is 0 Å². The minimum Gasteiger partial charge on any atom is -0.456 e. The van der Waals surface area contributed by atoms with E-state index < -0.39 is 0 Å². The first-order valence-electron chi connectivity index (χ1n) is 19.8. The lowest BCUT2D eigenvalue weighted by Gasteiger charge is -2.26. The minimum absolute atomic E-state index is 0.900. The van der Waals surface area contributed by atoms with Gasteiger partial charge in [-0.25, -0.2) is 0 Å². The van der Waals surface area contributed by atoms with Crippen LogP contribution in [0.1, 0.15) is 0 Å². The lowest BCUT2D eigenvalue weighted by atomic mass is 9.91. The van der Waals surface area contributed by atoms with Gasteiger partial charge >= 0.3 is 0 Å². The van der Waals surface area contributed by atoms with Crippen molar-refractivity contribution < 1.29 is 4.42 Å². The smallest absolute Gasteiger partial charge is 0.136 e. The van der Waals surface area contributed by atoms with E-state index in [1.807, 2.05) is 6.07 Å². The Balaban J connectivity index is 1.02. The third kappa shape index (κ3) is 6.00. The summed E-state index contributed by atoms with van der Waals surface area (Å²) in [5.41, 5.74) is 14.5. The number of anilines is 3. The molecule has 272 valence electrons. The lowest BCUT2D eigenvalue weighted by molar-refractivity contribution is 0.669. The lowest BCUT2D eigenvalue weighted by Crippen LogP contribution is -2.09. The number of hydrogen-bond donors (Lipinski definition) is 0. The summed E-state index contributed by atoms with van der Waals surface area (Å²) in [4.78, 5) is 2.34. The highest BCUT2D eigenvalue weighted by molar-refractivity contribution is 6.22. The second kappa shape index (κ2) is 14.1. The molecule has 0 amide bonds. The van der Waals surface area contributed by atoms with Gasteiger partial charge in [-0.15, -0.1) is 0 Å². The molecular formula is C56H37NO. The Kier molecular flexibility index (Phi) is 8.19. The molecule has 0 fully saturated rings. The molecule has 0 aliphatic heterocycles. The molecule has 0 aliphatic rings. The molecule has 0 aliphatic carbocycles. The van der Waals surface area contributed by atoms with Gasteiger partial charge < -0.3 is 9.32 Å². The third-order valence-electron chi connectivity index (χ3n) is 11.4. The Morgan fingerprint density at radius 3 is 1.69 bits per heavy atom. The predicted molar refractivity (Wildman–Crippen MR) is 245 cm³/mol. The summed E-state index contributed by atoms with van der Waals surface area (Å²) < 4.78 is 6.51. The minimum atomic E-state index is 0.900. The Bertz CT molecular complexity index is 3270. The molecule has 0 spiro atoms. The second-order valence-corrected chi connectivity index (χ2v) is 14.9. The van der Waals surface area contributed by atoms with Crippen LogP contribution in [0.4, 0.5) is 17.1 Å². The van der Waals surface area contributed by atoms with E-state index in [0.717, 1.165) is 61.3 Å². The highest BCUT2D eigenvalue weighted by Gasteiger charge is 2.18. The molecule has 0 unspecified atom stereocenters. The maximum absolute atomic E-state index is 6.51. The normalized spacial score (nSPS) is 11.4. The maximum atomic E-state index is 6.51. The fourth-order valence-corrected chi connectivity index (χ4v) is 8.57. The quantitative estimate of drug-likeness (QED) is 0.162. The van der Waals surface area contributed by atoms with Crippen LogP contribution in [0.5, 0.6) is 0 Å². The van der Waals surface area contributed by atoms with Crippen molar-refractivity contribution in [2.75, 3.05) is 4.90 Å². The summed E-state index contributed by atoms with van der Waals surface area (Å²) in [6, 6.07) is 80.7. The number of furan rings is 1. The van der Waals surface area contributed by atoms with Gasteiger partial charge in [-0.2, -0.15) is 0 Å². The van der Waals surface area contributed by atoms with E-state index in [1.54, 1.807) is 0 Å². The first kappa shape index (κ1) is 33.6. The zero-order valence-electron chi connectivity index (χ0n) is 31.7. The van der Waals surface area contributed by atoms with Crippen molar-refractivity contribution in [2.24, 2.45) is 0 Å². The average molecular weight is 740 g/mol. The summed E-state index contributed by atoms with van der Waals surface area (Å²) in [7, 11) is 0. The summed E-state index contributed by atoms with van der Waals surface area (Å²) >= 11 is 0. The molecule has 0 bridgehead atoms. The van der Waals surface area contributed by atoms with E-state index in [9.17, 15) is 0 Å². The molecule has 0 saturated carbocycles. The van der Waals surface area contributed by atoms with Crippen molar-refractivity contribution in [3.63, 3.8) is 0 Å². The zero-order valence-corrected chi connectivity index (χ0v) is 31.7. The van der Waals surface area contributed by atoms with Gasteiger partial charge in [0, 0.05) is 27.8 Å². The fourth-order valence-electron chi connectivity index (χ4n) is 8.57. The highest BCUT2D eigenvalue weighted by atomic mass is 16.3. The Labute approximate surface area is 337 Å². The molecule has 11 rings (SSSR count). The third-order valence-corrected chi connectivity index (χ3v) is 11.4. The standard InChI is InChI=1S/C56H37NO/c1-3-13-38(14-4-1)42-17-11-19-46(34-42)52-37-55-56(51-23-9-10-24-54(51)58-55)50-32-29-45(36-53(50)52)40-27-30-48(31-28-40)57(47-20-5-2-6-21-47)49-22-12-18-43(35-49)44-26-25-39-15-7-8-16-41(39)33-44/h1-37H. The van der Waals surface area contributed by atoms with Gasteiger partial charge in [-0.05, 0) is 133 Å². The van der Waals surface area contributed by atoms with E-state index in [2.05, 4.69) is 223 Å². The molecule has 1 aromatic heterocycles. The first-order chi connectivity index (χ1) is 28.7. The van der Waals surface area contributed by atoms with Crippen LogP contribution in [-0.2, 0) is 0 Å². The van der Waals surface area contributed by atoms with Crippen LogP contribution in [-0.4, -0.2) is 0 Å². The van der Waals surface area contributed by atoms with Crippen LogP contribution in [0, 0.1) is 0 Å². The second-order valence-electron chi connectivity index (χ2n) is 14.9. The Hall–Kier alpha value is -7.68. The van der Waals surface area contributed by atoms with Gasteiger partial charge in [0.05, 0.1) is 0 Å². The fraction of sp³-hybridized carbons (Fsp3) is 0. The van der Waals surface area contributed by atoms with E-state index >= 15 is 0 Å². The molecule has 0 radical (unpaired) electrons. The van der Waals surface area contributed by atoms with Crippen molar-refractivity contribution in [1.29, 1.82) is 0 Å². The van der Waals surface area contributed by atoms with E-state index in [4.69, 9.17) is 4.42 Å². The number of nitrogens with zero attached hydrogens (tertiary/aromatic N) is 1.